The van der Waals surface area contributed by atoms with Crippen molar-refractivity contribution in [1.82, 2.24) is 0 Å². The molecule has 0 radical (unpaired) electrons. The molecule has 0 saturated heterocycles. The fourth-order valence-corrected chi connectivity index (χ4v) is 3.03. The zero-order valence-electron chi connectivity index (χ0n) is 15.0. The van der Waals surface area contributed by atoms with Gasteiger partial charge in [-0.3, -0.25) is 10.1 Å². The van der Waals surface area contributed by atoms with Gasteiger partial charge in [0.1, 0.15) is 23.8 Å². The molecule has 0 aliphatic carbocycles. The minimum atomic E-state index is -0.547. The second-order valence-corrected chi connectivity index (χ2v) is 6.36. The smallest absolute Gasteiger partial charge is 0.336 e. The zero-order valence-corrected chi connectivity index (χ0v) is 15.0. The van der Waals surface area contributed by atoms with Gasteiger partial charge in [0.05, 0.1) is 4.92 Å². The standard InChI is InChI=1S/C22H14FNO5/c23-16-4-7-18(8-5-16)28-13-14-2-1-3-15(10-14)19-12-22(25)29-21-9-6-17(24(26)27)11-20(19)21/h1-12H,13H2. The maximum absolute atomic E-state index is 13.0. The van der Waals surface area contributed by atoms with Crippen LogP contribution in [0.1, 0.15) is 5.56 Å². The van der Waals surface area contributed by atoms with Crippen LogP contribution in [0.5, 0.6) is 5.75 Å². The molecule has 4 aromatic rings. The predicted molar refractivity (Wildman–Crippen MR) is 105 cm³/mol. The lowest BCUT2D eigenvalue weighted by Crippen LogP contribution is -2.00. The summed E-state index contributed by atoms with van der Waals surface area (Å²) in [6, 6.07) is 18.4. The van der Waals surface area contributed by atoms with Gasteiger partial charge in [-0.2, -0.15) is 0 Å². The summed E-state index contributed by atoms with van der Waals surface area (Å²) in [6.45, 7) is 0.235. The Morgan fingerprint density at radius 1 is 1.00 bits per heavy atom. The van der Waals surface area contributed by atoms with Crippen LogP contribution in [0.25, 0.3) is 22.1 Å². The van der Waals surface area contributed by atoms with Crippen molar-refractivity contribution in [3.05, 3.63) is 105 Å². The summed E-state index contributed by atoms with van der Waals surface area (Å²) in [5, 5.41) is 11.6. The molecule has 1 aromatic heterocycles. The zero-order chi connectivity index (χ0) is 20.4. The van der Waals surface area contributed by atoms with E-state index in [0.717, 1.165) is 5.56 Å². The van der Waals surface area contributed by atoms with E-state index >= 15 is 0 Å². The van der Waals surface area contributed by atoms with Gasteiger partial charge in [0.25, 0.3) is 5.69 Å². The summed E-state index contributed by atoms with van der Waals surface area (Å²) in [4.78, 5) is 22.6. The Kier molecular flexibility index (Phi) is 4.78. The van der Waals surface area contributed by atoms with Crippen molar-refractivity contribution in [1.29, 1.82) is 0 Å². The highest BCUT2D eigenvalue weighted by Crippen LogP contribution is 2.30. The summed E-state index contributed by atoms with van der Waals surface area (Å²) in [7, 11) is 0. The monoisotopic (exact) mass is 391 g/mol. The van der Waals surface area contributed by atoms with Crippen LogP contribution in [0.2, 0.25) is 0 Å². The maximum Gasteiger partial charge on any atom is 0.336 e. The molecule has 29 heavy (non-hydrogen) atoms. The second-order valence-electron chi connectivity index (χ2n) is 6.36. The van der Waals surface area contributed by atoms with Crippen LogP contribution < -0.4 is 10.4 Å². The number of nitro benzene ring substituents is 1. The Hall–Kier alpha value is -4.00. The van der Waals surface area contributed by atoms with Crippen LogP contribution in [-0.2, 0) is 6.61 Å². The summed E-state index contributed by atoms with van der Waals surface area (Å²) in [5.41, 5.74) is 1.68. The Morgan fingerprint density at radius 3 is 2.55 bits per heavy atom. The van der Waals surface area contributed by atoms with Gasteiger partial charge >= 0.3 is 5.63 Å². The number of nitrogens with zero attached hydrogens (tertiary/aromatic N) is 1. The molecule has 3 aromatic carbocycles. The maximum atomic E-state index is 13.0. The van der Waals surface area contributed by atoms with Gasteiger partial charge in [0.15, 0.2) is 0 Å². The highest BCUT2D eigenvalue weighted by Gasteiger charge is 2.13. The van der Waals surface area contributed by atoms with Gasteiger partial charge in [-0.25, -0.2) is 9.18 Å². The molecule has 0 aliphatic rings. The molecule has 7 heteroatoms. The molecule has 1 heterocycles. The first-order valence-corrected chi connectivity index (χ1v) is 8.69. The van der Waals surface area contributed by atoms with Crippen molar-refractivity contribution in [3.63, 3.8) is 0 Å². The van der Waals surface area contributed by atoms with E-state index in [0.29, 0.717) is 22.3 Å². The lowest BCUT2D eigenvalue weighted by atomic mass is 10.00. The molecule has 0 saturated carbocycles. The molecular weight excluding hydrogens is 377 g/mol. The van der Waals surface area contributed by atoms with Gasteiger partial charge in [0.2, 0.25) is 0 Å². The van der Waals surface area contributed by atoms with Crippen molar-refractivity contribution in [3.8, 4) is 16.9 Å². The third-order valence-corrected chi connectivity index (χ3v) is 4.39. The number of nitro groups is 1. The number of ether oxygens (including phenoxy) is 1. The van der Waals surface area contributed by atoms with Crippen LogP contribution in [0.3, 0.4) is 0 Å². The second kappa shape index (κ2) is 7.55. The van der Waals surface area contributed by atoms with Gasteiger partial charge in [0, 0.05) is 29.1 Å². The van der Waals surface area contributed by atoms with E-state index in [1.54, 1.807) is 12.1 Å². The molecule has 0 bridgehead atoms. The van der Waals surface area contributed by atoms with Crippen LogP contribution in [0.15, 0.2) is 82.0 Å². The van der Waals surface area contributed by atoms with Crippen molar-refractivity contribution in [2.24, 2.45) is 0 Å². The van der Waals surface area contributed by atoms with E-state index in [4.69, 9.17) is 9.15 Å². The first-order chi connectivity index (χ1) is 14.0. The molecule has 4 rings (SSSR count). The third kappa shape index (κ3) is 3.98. The lowest BCUT2D eigenvalue weighted by Gasteiger charge is -2.09. The molecule has 6 nitrogen and oxygen atoms in total. The topological polar surface area (TPSA) is 82.6 Å². The van der Waals surface area contributed by atoms with Crippen molar-refractivity contribution in [2.45, 2.75) is 6.61 Å². The lowest BCUT2D eigenvalue weighted by molar-refractivity contribution is -0.384. The summed E-state index contributed by atoms with van der Waals surface area (Å²) >= 11 is 0. The van der Waals surface area contributed by atoms with Crippen molar-refractivity contribution < 1.29 is 18.5 Å². The van der Waals surface area contributed by atoms with Gasteiger partial charge in [-0.15, -0.1) is 0 Å². The Morgan fingerprint density at radius 2 is 1.79 bits per heavy atom. The largest absolute Gasteiger partial charge is 0.489 e. The van der Waals surface area contributed by atoms with Gasteiger partial charge in [-0.05, 0) is 47.5 Å². The summed E-state index contributed by atoms with van der Waals surface area (Å²) < 4.78 is 23.8. The quantitative estimate of drug-likeness (QED) is 0.269. The number of benzene rings is 3. The molecule has 0 aliphatic heterocycles. The van der Waals surface area contributed by atoms with Crippen molar-refractivity contribution in [2.75, 3.05) is 0 Å². The van der Waals surface area contributed by atoms with Gasteiger partial charge < -0.3 is 9.15 Å². The number of fused-ring (bicyclic) bond motifs is 1. The van der Waals surface area contributed by atoms with E-state index in [1.165, 1.54) is 48.5 Å². The SMILES string of the molecule is O=c1cc(-c2cccc(COc3ccc(F)cc3)c2)c2cc([N+](=O)[O-])ccc2o1. The number of halogens is 1. The van der Waals surface area contributed by atoms with E-state index in [2.05, 4.69) is 0 Å². The molecule has 144 valence electrons. The number of hydrogen-bond donors (Lipinski definition) is 0. The highest BCUT2D eigenvalue weighted by molar-refractivity contribution is 5.94. The Labute approximate surface area is 163 Å². The van der Waals surface area contributed by atoms with Crippen LogP contribution in [-0.4, -0.2) is 4.92 Å². The third-order valence-electron chi connectivity index (χ3n) is 4.39. The fourth-order valence-electron chi connectivity index (χ4n) is 3.03. The molecule has 0 fully saturated rings. The van der Waals surface area contributed by atoms with Crippen molar-refractivity contribution >= 4 is 16.7 Å². The molecule has 0 amide bonds. The van der Waals surface area contributed by atoms with E-state index in [-0.39, 0.29) is 23.7 Å². The molecule has 0 spiro atoms. The molecule has 0 unspecified atom stereocenters. The van der Waals surface area contributed by atoms with Crippen LogP contribution in [0, 0.1) is 15.9 Å². The average molecular weight is 391 g/mol. The Bertz CT molecular complexity index is 1260. The number of non-ortho nitro benzene ring substituents is 1. The fraction of sp³-hybridized carbons (Fsp3) is 0.0455. The summed E-state index contributed by atoms with van der Waals surface area (Å²) in [6.07, 6.45) is 0. The average Bonchev–Trinajstić information content (AvgIpc) is 2.72. The minimum Gasteiger partial charge on any atom is -0.489 e. The molecule has 0 atom stereocenters. The first-order valence-electron chi connectivity index (χ1n) is 8.69. The van der Waals surface area contributed by atoms with Crippen LogP contribution in [0.4, 0.5) is 10.1 Å². The van der Waals surface area contributed by atoms with E-state index in [9.17, 15) is 19.3 Å². The first kappa shape index (κ1) is 18.4. The molecular formula is C22H14FNO5. The number of rotatable bonds is 5. The summed E-state index contributed by atoms with van der Waals surface area (Å²) in [5.74, 6) is 0.182. The number of hydrogen-bond acceptors (Lipinski definition) is 5. The van der Waals surface area contributed by atoms with E-state index in [1.807, 2.05) is 12.1 Å². The predicted octanol–water partition coefficient (Wildman–Crippen LogP) is 5.09. The van der Waals surface area contributed by atoms with E-state index < -0.39 is 10.5 Å². The normalized spacial score (nSPS) is 10.8. The van der Waals surface area contributed by atoms with Crippen LogP contribution >= 0.6 is 0 Å². The van der Waals surface area contributed by atoms with Gasteiger partial charge in [-0.1, -0.05) is 18.2 Å². The molecule has 0 N–H and O–H groups in total. The Balaban J connectivity index is 1.71. The highest BCUT2D eigenvalue weighted by atomic mass is 19.1. The minimum absolute atomic E-state index is 0.0941.